The number of carbonyl (C=O) groups is 1. The highest BCUT2D eigenvalue weighted by Crippen LogP contribution is 2.27. The van der Waals surface area contributed by atoms with Crippen molar-refractivity contribution in [1.82, 2.24) is 9.88 Å². The lowest BCUT2D eigenvalue weighted by atomic mass is 10.1. The summed E-state index contributed by atoms with van der Waals surface area (Å²) in [6, 6.07) is 15.5. The van der Waals surface area contributed by atoms with Gasteiger partial charge in [0, 0.05) is 35.2 Å². The summed E-state index contributed by atoms with van der Waals surface area (Å²) in [6.45, 7) is 4.49. The fraction of sp³-hybridized carbons (Fsp3) is 0.217. The van der Waals surface area contributed by atoms with Gasteiger partial charge in [0.2, 0.25) is 0 Å². The smallest absolute Gasteiger partial charge is 0.262 e. The molecule has 1 amide bonds. The zero-order valence-corrected chi connectivity index (χ0v) is 17.8. The third-order valence-corrected chi connectivity index (χ3v) is 5.55. The molecular weight excluding hydrogens is 405 g/mol. The molecule has 0 bridgehead atoms. The molecule has 29 heavy (non-hydrogen) atoms. The monoisotopic (exact) mass is 425 g/mol. The highest BCUT2D eigenvalue weighted by molar-refractivity contribution is 6.42. The summed E-state index contributed by atoms with van der Waals surface area (Å²) in [5.74, 6) is -0.358. The van der Waals surface area contributed by atoms with Crippen LogP contribution < -0.4 is 5.32 Å². The fourth-order valence-corrected chi connectivity index (χ4v) is 3.38. The summed E-state index contributed by atoms with van der Waals surface area (Å²) >= 11 is 12.2. The summed E-state index contributed by atoms with van der Waals surface area (Å²) < 4.78 is 2.07. The van der Waals surface area contributed by atoms with Gasteiger partial charge in [-0.3, -0.25) is 4.79 Å². The summed E-state index contributed by atoms with van der Waals surface area (Å²) in [4.78, 5) is 12.4. The minimum absolute atomic E-state index is 0.00949. The normalized spacial score (nSPS) is 12.6. The standard InChI is InChI=1S/C23H21Cl2N3O/c1-3-15(2)27-23(29)17(12-26)11-18-14-28(22-7-5-4-6-19(18)22)13-16-8-9-20(24)21(25)10-16/h4-11,14-15H,3,13H2,1-2H3,(H,27,29)/b17-11+/t15-/m0/s1. The van der Waals surface area contributed by atoms with E-state index in [2.05, 4.69) is 9.88 Å². The average Bonchev–Trinajstić information content (AvgIpc) is 3.06. The van der Waals surface area contributed by atoms with Gasteiger partial charge in [-0.2, -0.15) is 5.26 Å². The van der Waals surface area contributed by atoms with E-state index < -0.39 is 0 Å². The van der Waals surface area contributed by atoms with Gasteiger partial charge in [-0.15, -0.1) is 0 Å². The minimum Gasteiger partial charge on any atom is -0.349 e. The van der Waals surface area contributed by atoms with Gasteiger partial charge in [0.25, 0.3) is 5.91 Å². The molecule has 0 unspecified atom stereocenters. The van der Waals surface area contributed by atoms with E-state index in [0.717, 1.165) is 28.5 Å². The van der Waals surface area contributed by atoms with Crippen LogP contribution in [0.2, 0.25) is 10.0 Å². The molecule has 1 heterocycles. The van der Waals surface area contributed by atoms with Crippen LogP contribution in [0.15, 0.2) is 54.2 Å². The Kier molecular flexibility index (Phi) is 6.64. The number of benzene rings is 2. The minimum atomic E-state index is -0.358. The number of aromatic nitrogens is 1. The predicted molar refractivity (Wildman–Crippen MR) is 119 cm³/mol. The van der Waals surface area contributed by atoms with Crippen LogP contribution in [0.5, 0.6) is 0 Å². The Bertz CT molecular complexity index is 1120. The predicted octanol–water partition coefficient (Wildman–Crippen LogP) is 5.82. The van der Waals surface area contributed by atoms with Crippen LogP contribution in [0.25, 0.3) is 17.0 Å². The number of fused-ring (bicyclic) bond motifs is 1. The second kappa shape index (κ2) is 9.17. The van der Waals surface area contributed by atoms with E-state index in [1.807, 2.05) is 62.5 Å². The molecule has 0 aliphatic heterocycles. The molecular formula is C23H21Cl2N3O. The first-order valence-electron chi connectivity index (χ1n) is 9.37. The van der Waals surface area contributed by atoms with Crippen molar-refractivity contribution in [1.29, 1.82) is 5.26 Å². The molecule has 4 nitrogen and oxygen atoms in total. The van der Waals surface area contributed by atoms with Gasteiger partial charge in [0.15, 0.2) is 0 Å². The van der Waals surface area contributed by atoms with E-state index in [9.17, 15) is 10.1 Å². The van der Waals surface area contributed by atoms with Crippen LogP contribution in [-0.2, 0) is 11.3 Å². The molecule has 3 aromatic rings. The SMILES string of the molecule is CC[C@H](C)NC(=O)/C(C#N)=C/c1cn(Cc2ccc(Cl)c(Cl)c2)c2ccccc12. The van der Waals surface area contributed by atoms with Gasteiger partial charge >= 0.3 is 0 Å². The molecule has 0 radical (unpaired) electrons. The molecule has 0 aliphatic carbocycles. The maximum atomic E-state index is 12.4. The molecule has 0 spiro atoms. The molecule has 1 atom stereocenters. The van der Waals surface area contributed by atoms with Crippen molar-refractivity contribution in [2.45, 2.75) is 32.9 Å². The van der Waals surface area contributed by atoms with Crippen molar-refractivity contribution < 1.29 is 4.79 Å². The lowest BCUT2D eigenvalue weighted by Gasteiger charge is -2.10. The van der Waals surface area contributed by atoms with E-state index >= 15 is 0 Å². The number of rotatable bonds is 6. The first-order valence-corrected chi connectivity index (χ1v) is 10.1. The quantitative estimate of drug-likeness (QED) is 0.399. The number of halogens is 2. The van der Waals surface area contributed by atoms with Crippen molar-refractivity contribution in [3.05, 3.63) is 75.4 Å². The summed E-state index contributed by atoms with van der Waals surface area (Å²) in [5, 5.41) is 14.3. The van der Waals surface area contributed by atoms with Crippen molar-refractivity contribution in [3.8, 4) is 6.07 Å². The lowest BCUT2D eigenvalue weighted by Crippen LogP contribution is -2.32. The highest BCUT2D eigenvalue weighted by atomic mass is 35.5. The number of carbonyl (C=O) groups excluding carboxylic acids is 1. The van der Waals surface area contributed by atoms with Gasteiger partial charge < -0.3 is 9.88 Å². The topological polar surface area (TPSA) is 57.8 Å². The number of nitrogens with zero attached hydrogens (tertiary/aromatic N) is 2. The van der Waals surface area contributed by atoms with Crippen LogP contribution in [0.4, 0.5) is 0 Å². The second-order valence-electron chi connectivity index (χ2n) is 6.93. The van der Waals surface area contributed by atoms with Crippen molar-refractivity contribution >= 4 is 46.1 Å². The van der Waals surface area contributed by atoms with E-state index in [4.69, 9.17) is 23.2 Å². The number of hydrogen-bond acceptors (Lipinski definition) is 2. The van der Waals surface area contributed by atoms with E-state index in [1.165, 1.54) is 0 Å². The Morgan fingerprint density at radius 2 is 2.00 bits per heavy atom. The zero-order chi connectivity index (χ0) is 21.0. The number of para-hydroxylation sites is 1. The molecule has 0 saturated heterocycles. The number of hydrogen-bond donors (Lipinski definition) is 1. The Balaban J connectivity index is 2.00. The first kappa shape index (κ1) is 21.0. The van der Waals surface area contributed by atoms with Gasteiger partial charge in [-0.05, 0) is 43.2 Å². The molecule has 1 N–H and O–H groups in total. The van der Waals surface area contributed by atoms with E-state index in [-0.39, 0.29) is 17.5 Å². The third-order valence-electron chi connectivity index (χ3n) is 4.81. The number of nitriles is 1. The number of amides is 1. The molecule has 1 aromatic heterocycles. The van der Waals surface area contributed by atoms with Crippen molar-refractivity contribution in [3.63, 3.8) is 0 Å². The first-order chi connectivity index (χ1) is 13.9. The Hall–Kier alpha value is -2.74. The van der Waals surface area contributed by atoms with Crippen LogP contribution in [0.1, 0.15) is 31.4 Å². The Morgan fingerprint density at radius 1 is 1.24 bits per heavy atom. The maximum Gasteiger partial charge on any atom is 0.262 e. The Labute approximate surface area is 180 Å². The fourth-order valence-electron chi connectivity index (χ4n) is 3.06. The van der Waals surface area contributed by atoms with Gasteiger partial charge in [0.05, 0.1) is 10.0 Å². The van der Waals surface area contributed by atoms with Gasteiger partial charge in [0.1, 0.15) is 11.6 Å². The lowest BCUT2D eigenvalue weighted by molar-refractivity contribution is -0.117. The molecule has 148 valence electrons. The second-order valence-corrected chi connectivity index (χ2v) is 7.74. The molecule has 2 aromatic carbocycles. The summed E-state index contributed by atoms with van der Waals surface area (Å²) in [7, 11) is 0. The third kappa shape index (κ3) is 4.82. The molecule has 6 heteroatoms. The zero-order valence-electron chi connectivity index (χ0n) is 16.2. The van der Waals surface area contributed by atoms with Gasteiger partial charge in [-0.1, -0.05) is 54.4 Å². The maximum absolute atomic E-state index is 12.4. The molecule has 0 saturated carbocycles. The summed E-state index contributed by atoms with van der Waals surface area (Å²) in [5.41, 5.74) is 2.91. The van der Waals surface area contributed by atoms with Crippen LogP contribution in [-0.4, -0.2) is 16.5 Å². The van der Waals surface area contributed by atoms with Gasteiger partial charge in [-0.25, -0.2) is 0 Å². The van der Waals surface area contributed by atoms with Crippen LogP contribution >= 0.6 is 23.2 Å². The molecule has 3 rings (SSSR count). The van der Waals surface area contributed by atoms with E-state index in [1.54, 1.807) is 12.1 Å². The number of nitrogens with one attached hydrogen (secondary N) is 1. The molecule has 0 aliphatic rings. The summed E-state index contributed by atoms with van der Waals surface area (Å²) in [6.07, 6.45) is 4.39. The van der Waals surface area contributed by atoms with Crippen LogP contribution in [0.3, 0.4) is 0 Å². The average molecular weight is 426 g/mol. The largest absolute Gasteiger partial charge is 0.349 e. The van der Waals surface area contributed by atoms with Crippen molar-refractivity contribution in [2.24, 2.45) is 0 Å². The Morgan fingerprint density at radius 3 is 2.69 bits per heavy atom. The highest BCUT2D eigenvalue weighted by Gasteiger charge is 2.14. The van der Waals surface area contributed by atoms with Crippen molar-refractivity contribution in [2.75, 3.05) is 0 Å². The van der Waals surface area contributed by atoms with Crippen LogP contribution in [0, 0.1) is 11.3 Å². The van der Waals surface area contributed by atoms with E-state index in [0.29, 0.717) is 16.6 Å². The molecule has 0 fully saturated rings.